The van der Waals surface area contributed by atoms with E-state index in [0.29, 0.717) is 0 Å². The van der Waals surface area contributed by atoms with Crippen LogP contribution in [0.5, 0.6) is 5.75 Å². The SMILES string of the molecule is COc1ccc2nc(Cc3ccc(C)cc3)[nH]c2c1. The molecule has 1 aromatic heterocycles. The summed E-state index contributed by atoms with van der Waals surface area (Å²) in [6.45, 7) is 2.09. The minimum Gasteiger partial charge on any atom is -0.497 e. The maximum atomic E-state index is 5.22. The highest BCUT2D eigenvalue weighted by molar-refractivity contribution is 5.76. The lowest BCUT2D eigenvalue weighted by Crippen LogP contribution is -1.90. The Morgan fingerprint density at radius 1 is 1.11 bits per heavy atom. The van der Waals surface area contributed by atoms with Gasteiger partial charge in [-0.2, -0.15) is 0 Å². The van der Waals surface area contributed by atoms with Gasteiger partial charge in [0.2, 0.25) is 0 Å². The molecule has 0 aliphatic heterocycles. The Morgan fingerprint density at radius 3 is 2.63 bits per heavy atom. The van der Waals surface area contributed by atoms with Gasteiger partial charge >= 0.3 is 0 Å². The zero-order valence-electron chi connectivity index (χ0n) is 11.1. The van der Waals surface area contributed by atoms with Gasteiger partial charge in [0.1, 0.15) is 11.6 Å². The summed E-state index contributed by atoms with van der Waals surface area (Å²) in [6.07, 6.45) is 0.817. The van der Waals surface area contributed by atoms with Crippen molar-refractivity contribution in [2.75, 3.05) is 7.11 Å². The number of nitrogens with one attached hydrogen (secondary N) is 1. The van der Waals surface area contributed by atoms with E-state index in [2.05, 4.69) is 41.2 Å². The van der Waals surface area contributed by atoms with E-state index in [-0.39, 0.29) is 0 Å². The predicted molar refractivity (Wildman–Crippen MR) is 76.6 cm³/mol. The van der Waals surface area contributed by atoms with E-state index in [4.69, 9.17) is 4.74 Å². The molecule has 19 heavy (non-hydrogen) atoms. The Labute approximate surface area is 112 Å². The third-order valence-electron chi connectivity index (χ3n) is 3.23. The lowest BCUT2D eigenvalue weighted by molar-refractivity contribution is 0.415. The topological polar surface area (TPSA) is 37.9 Å². The molecule has 2 aromatic carbocycles. The van der Waals surface area contributed by atoms with Gasteiger partial charge in [-0.25, -0.2) is 4.98 Å². The molecular formula is C16H16N2O. The first-order valence-corrected chi connectivity index (χ1v) is 6.33. The number of nitrogens with zero attached hydrogens (tertiary/aromatic N) is 1. The summed E-state index contributed by atoms with van der Waals surface area (Å²) in [5.41, 5.74) is 4.53. The number of imidazole rings is 1. The van der Waals surface area contributed by atoms with Crippen LogP contribution in [0, 0.1) is 6.92 Å². The largest absolute Gasteiger partial charge is 0.497 e. The summed E-state index contributed by atoms with van der Waals surface area (Å²) in [6, 6.07) is 14.4. The van der Waals surface area contributed by atoms with Crippen molar-refractivity contribution in [1.82, 2.24) is 9.97 Å². The predicted octanol–water partition coefficient (Wildman–Crippen LogP) is 3.47. The van der Waals surface area contributed by atoms with Crippen molar-refractivity contribution in [3.63, 3.8) is 0 Å². The summed E-state index contributed by atoms with van der Waals surface area (Å²) in [5.74, 6) is 1.82. The number of aromatic amines is 1. The Bertz CT molecular complexity index is 698. The minimum atomic E-state index is 0.817. The fourth-order valence-corrected chi connectivity index (χ4v) is 2.15. The highest BCUT2D eigenvalue weighted by Crippen LogP contribution is 2.19. The van der Waals surface area contributed by atoms with Crippen LogP contribution in [0.3, 0.4) is 0 Å². The number of fused-ring (bicyclic) bond motifs is 1. The molecule has 0 saturated heterocycles. The van der Waals surface area contributed by atoms with Gasteiger partial charge in [-0.15, -0.1) is 0 Å². The first-order chi connectivity index (χ1) is 9.24. The Morgan fingerprint density at radius 2 is 1.89 bits per heavy atom. The molecule has 0 unspecified atom stereocenters. The van der Waals surface area contributed by atoms with Crippen molar-refractivity contribution in [1.29, 1.82) is 0 Å². The van der Waals surface area contributed by atoms with E-state index in [1.807, 2.05) is 18.2 Å². The van der Waals surface area contributed by atoms with E-state index >= 15 is 0 Å². The number of hydrogen-bond acceptors (Lipinski definition) is 2. The first-order valence-electron chi connectivity index (χ1n) is 6.33. The van der Waals surface area contributed by atoms with Gasteiger partial charge in [0, 0.05) is 12.5 Å². The van der Waals surface area contributed by atoms with E-state index in [1.54, 1.807) is 7.11 Å². The fourth-order valence-electron chi connectivity index (χ4n) is 2.15. The van der Waals surface area contributed by atoms with Crippen LogP contribution in [0.2, 0.25) is 0 Å². The molecule has 0 bridgehead atoms. The van der Waals surface area contributed by atoms with E-state index < -0.39 is 0 Å². The molecule has 3 rings (SSSR count). The second-order valence-corrected chi connectivity index (χ2v) is 4.73. The number of benzene rings is 2. The summed E-state index contributed by atoms with van der Waals surface area (Å²) in [4.78, 5) is 7.94. The summed E-state index contributed by atoms with van der Waals surface area (Å²) < 4.78 is 5.22. The zero-order chi connectivity index (χ0) is 13.2. The first kappa shape index (κ1) is 11.8. The molecule has 0 aliphatic carbocycles. The van der Waals surface area contributed by atoms with Crippen LogP contribution in [0.4, 0.5) is 0 Å². The monoisotopic (exact) mass is 252 g/mol. The number of H-pyrrole nitrogens is 1. The average molecular weight is 252 g/mol. The summed E-state index contributed by atoms with van der Waals surface area (Å²) in [7, 11) is 1.67. The standard InChI is InChI=1S/C16H16N2O/c1-11-3-5-12(6-4-11)9-16-17-14-8-7-13(19-2)10-15(14)18-16/h3-8,10H,9H2,1-2H3,(H,17,18). The Hall–Kier alpha value is -2.29. The number of hydrogen-bond donors (Lipinski definition) is 1. The lowest BCUT2D eigenvalue weighted by atomic mass is 10.1. The zero-order valence-corrected chi connectivity index (χ0v) is 11.1. The van der Waals surface area contributed by atoms with Gasteiger partial charge in [-0.05, 0) is 24.6 Å². The number of ether oxygens (including phenoxy) is 1. The molecule has 3 nitrogen and oxygen atoms in total. The highest BCUT2D eigenvalue weighted by atomic mass is 16.5. The maximum absolute atomic E-state index is 5.22. The summed E-state index contributed by atoms with van der Waals surface area (Å²) >= 11 is 0. The van der Waals surface area contributed by atoms with Crippen molar-refractivity contribution in [2.45, 2.75) is 13.3 Å². The van der Waals surface area contributed by atoms with Crippen LogP contribution < -0.4 is 4.74 Å². The third-order valence-corrected chi connectivity index (χ3v) is 3.23. The van der Waals surface area contributed by atoms with Gasteiger partial charge in [0.05, 0.1) is 18.1 Å². The van der Waals surface area contributed by atoms with Crippen molar-refractivity contribution >= 4 is 11.0 Å². The molecule has 0 amide bonds. The summed E-state index contributed by atoms with van der Waals surface area (Å²) in [5, 5.41) is 0. The number of rotatable bonds is 3. The molecule has 96 valence electrons. The molecule has 0 fully saturated rings. The number of aryl methyl sites for hydroxylation is 1. The molecule has 0 radical (unpaired) electrons. The molecule has 3 aromatic rings. The molecule has 0 atom stereocenters. The molecule has 0 saturated carbocycles. The van der Waals surface area contributed by atoms with Gasteiger partial charge in [-0.1, -0.05) is 29.8 Å². The smallest absolute Gasteiger partial charge is 0.121 e. The van der Waals surface area contributed by atoms with Gasteiger partial charge in [0.15, 0.2) is 0 Å². The third kappa shape index (κ3) is 2.45. The Kier molecular flexibility index (Phi) is 2.95. The average Bonchev–Trinajstić information content (AvgIpc) is 2.82. The van der Waals surface area contributed by atoms with Crippen LogP contribution in [0.1, 0.15) is 17.0 Å². The molecule has 3 heteroatoms. The van der Waals surface area contributed by atoms with E-state index in [1.165, 1.54) is 11.1 Å². The van der Waals surface area contributed by atoms with Crippen LogP contribution in [-0.2, 0) is 6.42 Å². The molecule has 0 aliphatic rings. The maximum Gasteiger partial charge on any atom is 0.121 e. The molecule has 1 heterocycles. The van der Waals surface area contributed by atoms with E-state index in [9.17, 15) is 0 Å². The second kappa shape index (κ2) is 4.76. The van der Waals surface area contributed by atoms with E-state index in [0.717, 1.165) is 29.0 Å². The van der Waals surface area contributed by atoms with Gasteiger partial charge in [-0.3, -0.25) is 0 Å². The molecule has 1 N–H and O–H groups in total. The Balaban J connectivity index is 1.90. The van der Waals surface area contributed by atoms with Crippen LogP contribution in [0.25, 0.3) is 11.0 Å². The fraction of sp³-hybridized carbons (Fsp3) is 0.188. The van der Waals surface area contributed by atoms with Gasteiger partial charge < -0.3 is 9.72 Å². The van der Waals surface area contributed by atoms with Gasteiger partial charge in [0.25, 0.3) is 0 Å². The minimum absolute atomic E-state index is 0.817. The quantitative estimate of drug-likeness (QED) is 0.775. The van der Waals surface area contributed by atoms with Crippen molar-refractivity contribution in [2.24, 2.45) is 0 Å². The van der Waals surface area contributed by atoms with Crippen molar-refractivity contribution in [3.8, 4) is 5.75 Å². The van der Waals surface area contributed by atoms with Crippen molar-refractivity contribution in [3.05, 3.63) is 59.4 Å². The number of methoxy groups -OCH3 is 1. The number of aromatic nitrogens is 2. The van der Waals surface area contributed by atoms with Crippen LogP contribution in [0.15, 0.2) is 42.5 Å². The normalized spacial score (nSPS) is 10.8. The molecule has 0 spiro atoms. The van der Waals surface area contributed by atoms with Crippen molar-refractivity contribution < 1.29 is 4.74 Å². The highest BCUT2D eigenvalue weighted by Gasteiger charge is 2.05. The lowest BCUT2D eigenvalue weighted by Gasteiger charge is -1.98. The van der Waals surface area contributed by atoms with Crippen LogP contribution >= 0.6 is 0 Å². The second-order valence-electron chi connectivity index (χ2n) is 4.73. The van der Waals surface area contributed by atoms with Crippen LogP contribution in [-0.4, -0.2) is 17.1 Å². The molecular weight excluding hydrogens is 236 g/mol.